The third-order valence-corrected chi connectivity index (χ3v) is 10.4. The lowest BCUT2D eigenvalue weighted by molar-refractivity contribution is -0.154. The van der Waals surface area contributed by atoms with E-state index in [1.54, 1.807) is 0 Å². The molecule has 0 bridgehead atoms. The van der Waals surface area contributed by atoms with Crippen LogP contribution in [0.25, 0.3) is 0 Å². The van der Waals surface area contributed by atoms with Crippen LogP contribution in [0.15, 0.2) is 24.3 Å². The first-order valence-electron chi connectivity index (χ1n) is 21.8. The molecule has 308 valence electrons. The van der Waals surface area contributed by atoms with E-state index in [-0.39, 0.29) is 32.3 Å². The van der Waals surface area contributed by atoms with Crippen molar-refractivity contribution in [3.8, 4) is 0 Å². The number of rotatable bonds is 42. The molecule has 0 aliphatic rings. The molecule has 0 amide bonds. The average Bonchev–Trinajstić information content (AvgIpc) is 3.13. The number of allylic oxidation sites excluding steroid dienone is 4. The predicted molar refractivity (Wildman–Crippen MR) is 220 cm³/mol. The monoisotopic (exact) mass is 758 g/mol. The molecule has 0 aromatic rings. The number of phosphoric acid groups is 1. The van der Waals surface area contributed by atoms with E-state index < -0.39 is 13.9 Å². The van der Waals surface area contributed by atoms with Crippen LogP contribution >= 0.6 is 7.82 Å². The van der Waals surface area contributed by atoms with Crippen LogP contribution in [0.4, 0.5) is 0 Å². The molecule has 0 rings (SSSR count). The highest BCUT2D eigenvalue weighted by atomic mass is 31.2. The third kappa shape index (κ3) is 40.2. The topological polar surface area (TPSA) is 117 Å². The number of hydrogen-bond donors (Lipinski definition) is 2. The van der Waals surface area contributed by atoms with Gasteiger partial charge in [0.15, 0.2) is 0 Å². The van der Waals surface area contributed by atoms with Crippen molar-refractivity contribution in [2.75, 3.05) is 33.0 Å². The Bertz CT molecular complexity index is 853. The van der Waals surface area contributed by atoms with E-state index in [0.717, 1.165) is 38.5 Å². The molecule has 3 N–H and O–H groups in total. The summed E-state index contributed by atoms with van der Waals surface area (Å²) in [6.45, 7) is 4.93. The molecule has 9 heteroatoms. The first kappa shape index (κ1) is 51.0. The maximum atomic E-state index is 12.6. The highest BCUT2D eigenvalue weighted by Crippen LogP contribution is 2.43. The zero-order valence-corrected chi connectivity index (χ0v) is 35.0. The summed E-state index contributed by atoms with van der Waals surface area (Å²) in [5, 5.41) is 0. The van der Waals surface area contributed by atoms with Gasteiger partial charge in [-0.15, -0.1) is 0 Å². The van der Waals surface area contributed by atoms with Gasteiger partial charge in [-0.1, -0.05) is 179 Å². The fraction of sp³-hybridized carbons (Fsp3) is 0.884. The van der Waals surface area contributed by atoms with Crippen LogP contribution in [0, 0.1) is 0 Å². The number of carbonyl (C=O) groups is 1. The summed E-state index contributed by atoms with van der Waals surface area (Å²) in [5.41, 5.74) is 5.36. The van der Waals surface area contributed by atoms with Crippen LogP contribution < -0.4 is 5.73 Å². The second-order valence-electron chi connectivity index (χ2n) is 14.6. The second kappa shape index (κ2) is 41.1. The van der Waals surface area contributed by atoms with Crippen molar-refractivity contribution in [3.63, 3.8) is 0 Å². The molecule has 8 nitrogen and oxygen atoms in total. The SMILES string of the molecule is CCCCCCC/C=C\C/C=C\CCCCCCCCCCCCCC(=O)OC(COCCCCCCCCCCCC)COP(=O)(O)OCCN. The number of nitrogens with two attached hydrogens (primary N) is 1. The van der Waals surface area contributed by atoms with Gasteiger partial charge in [0, 0.05) is 19.6 Å². The van der Waals surface area contributed by atoms with E-state index >= 15 is 0 Å². The normalized spacial score (nSPS) is 13.7. The summed E-state index contributed by atoms with van der Waals surface area (Å²) in [5.74, 6) is -0.331. The molecular weight excluding hydrogens is 673 g/mol. The number of hydrogen-bond acceptors (Lipinski definition) is 7. The Morgan fingerprint density at radius 3 is 1.50 bits per heavy atom. The van der Waals surface area contributed by atoms with E-state index in [1.165, 1.54) is 148 Å². The average molecular weight is 758 g/mol. The number of phosphoric ester groups is 1. The molecule has 0 aliphatic heterocycles. The largest absolute Gasteiger partial charge is 0.472 e. The van der Waals surface area contributed by atoms with Gasteiger partial charge >= 0.3 is 13.8 Å². The van der Waals surface area contributed by atoms with Crippen LogP contribution in [0.1, 0.15) is 206 Å². The van der Waals surface area contributed by atoms with Crippen molar-refractivity contribution >= 4 is 13.8 Å². The lowest BCUT2D eigenvalue weighted by Gasteiger charge is -2.20. The molecular formula is C43H84NO7P. The number of esters is 1. The standard InChI is InChI=1S/C43H84NO7P/c1-3-5-7-9-11-13-15-16-17-18-19-20-21-22-23-24-25-26-27-28-30-32-34-36-43(45)51-42(41-50-52(46,47)49-39-37-44)40-48-38-35-33-31-29-14-12-10-8-6-4-2/h15-16,18-19,42H,3-14,17,20-41,44H2,1-2H3,(H,46,47)/b16-15-,19-18-. The zero-order chi connectivity index (χ0) is 38.1. The van der Waals surface area contributed by atoms with Crippen molar-refractivity contribution in [2.24, 2.45) is 5.73 Å². The number of carbonyl (C=O) groups excluding carboxylic acids is 1. The third-order valence-electron chi connectivity index (χ3n) is 9.37. The van der Waals surface area contributed by atoms with Gasteiger partial charge in [0.25, 0.3) is 0 Å². The van der Waals surface area contributed by atoms with Crippen LogP contribution in [0.2, 0.25) is 0 Å². The first-order valence-corrected chi connectivity index (χ1v) is 23.3. The van der Waals surface area contributed by atoms with Crippen molar-refractivity contribution in [3.05, 3.63) is 24.3 Å². The van der Waals surface area contributed by atoms with E-state index in [4.69, 9.17) is 24.3 Å². The maximum Gasteiger partial charge on any atom is 0.472 e. The van der Waals surface area contributed by atoms with Gasteiger partial charge in [-0.05, 0) is 44.9 Å². The van der Waals surface area contributed by atoms with Crippen molar-refractivity contribution < 1.29 is 32.8 Å². The van der Waals surface area contributed by atoms with E-state index in [9.17, 15) is 14.3 Å². The Balaban J connectivity index is 3.92. The molecule has 0 aromatic heterocycles. The second-order valence-corrected chi connectivity index (χ2v) is 16.0. The van der Waals surface area contributed by atoms with Gasteiger partial charge < -0.3 is 20.1 Å². The summed E-state index contributed by atoms with van der Waals surface area (Å²) in [4.78, 5) is 22.4. The molecule has 0 radical (unpaired) electrons. The van der Waals surface area contributed by atoms with Gasteiger partial charge in [-0.2, -0.15) is 0 Å². The van der Waals surface area contributed by atoms with Crippen LogP contribution in [0.3, 0.4) is 0 Å². The Morgan fingerprint density at radius 2 is 1.02 bits per heavy atom. The minimum absolute atomic E-state index is 0.0938. The summed E-state index contributed by atoms with van der Waals surface area (Å²) < 4.78 is 33.4. The van der Waals surface area contributed by atoms with Crippen molar-refractivity contribution in [1.82, 2.24) is 0 Å². The van der Waals surface area contributed by atoms with Crippen LogP contribution in [0.5, 0.6) is 0 Å². The number of unbranched alkanes of at least 4 members (excludes halogenated alkanes) is 25. The highest BCUT2D eigenvalue weighted by Gasteiger charge is 2.25. The van der Waals surface area contributed by atoms with E-state index in [0.29, 0.717) is 13.0 Å². The quantitative estimate of drug-likeness (QED) is 0.0273. The van der Waals surface area contributed by atoms with Crippen LogP contribution in [-0.2, 0) is 27.9 Å². The fourth-order valence-corrected chi connectivity index (χ4v) is 6.91. The molecule has 2 atom stereocenters. The molecule has 0 heterocycles. The van der Waals surface area contributed by atoms with E-state index in [1.807, 2.05) is 0 Å². The predicted octanol–water partition coefficient (Wildman–Crippen LogP) is 12.9. The lowest BCUT2D eigenvalue weighted by Crippen LogP contribution is -2.28. The van der Waals surface area contributed by atoms with Gasteiger partial charge in [0.2, 0.25) is 0 Å². The summed E-state index contributed by atoms with van der Waals surface area (Å²) >= 11 is 0. The molecule has 0 aromatic carbocycles. The molecule has 52 heavy (non-hydrogen) atoms. The maximum absolute atomic E-state index is 12.6. The fourth-order valence-electron chi connectivity index (χ4n) is 6.14. The van der Waals surface area contributed by atoms with Gasteiger partial charge in [0.1, 0.15) is 6.10 Å². The van der Waals surface area contributed by atoms with Gasteiger partial charge in [0.05, 0.1) is 19.8 Å². The Morgan fingerprint density at radius 1 is 0.577 bits per heavy atom. The van der Waals surface area contributed by atoms with E-state index in [2.05, 4.69) is 38.2 Å². The van der Waals surface area contributed by atoms with Crippen LogP contribution in [-0.4, -0.2) is 49.9 Å². The molecule has 0 fully saturated rings. The molecule has 0 saturated carbocycles. The number of ether oxygens (including phenoxy) is 2. The highest BCUT2D eigenvalue weighted by molar-refractivity contribution is 7.47. The van der Waals surface area contributed by atoms with Gasteiger partial charge in [-0.3, -0.25) is 13.8 Å². The van der Waals surface area contributed by atoms with Gasteiger partial charge in [-0.25, -0.2) is 4.57 Å². The smallest absolute Gasteiger partial charge is 0.457 e. The Labute approximate surface area is 321 Å². The minimum Gasteiger partial charge on any atom is -0.457 e. The molecule has 0 spiro atoms. The van der Waals surface area contributed by atoms with Crippen molar-refractivity contribution in [2.45, 2.75) is 213 Å². The summed E-state index contributed by atoms with van der Waals surface area (Å²) in [6.07, 6.45) is 44.8. The first-order chi connectivity index (χ1) is 25.4. The molecule has 0 saturated heterocycles. The Kier molecular flexibility index (Phi) is 40.3. The summed E-state index contributed by atoms with van der Waals surface area (Å²) in [6, 6.07) is 0. The Hall–Kier alpha value is -1.02. The minimum atomic E-state index is -4.27. The van der Waals surface area contributed by atoms with Crippen molar-refractivity contribution in [1.29, 1.82) is 0 Å². The molecule has 2 unspecified atom stereocenters. The molecule has 0 aliphatic carbocycles. The lowest BCUT2D eigenvalue weighted by atomic mass is 10.0. The zero-order valence-electron chi connectivity index (χ0n) is 34.1. The summed E-state index contributed by atoms with van der Waals surface area (Å²) in [7, 11) is -4.27.